The molecule has 0 bridgehead atoms. The molecule has 0 fully saturated rings. The van der Waals surface area contributed by atoms with Crippen LogP contribution in [0.3, 0.4) is 0 Å². The molecule has 0 aliphatic rings. The van der Waals surface area contributed by atoms with Crippen LogP contribution in [-0.2, 0) is 6.42 Å². The third-order valence-electron chi connectivity index (χ3n) is 3.03. The second kappa shape index (κ2) is 5.61. The Balaban J connectivity index is 1.55. The fourth-order valence-corrected chi connectivity index (χ4v) is 1.92. The van der Waals surface area contributed by atoms with Crippen molar-refractivity contribution in [1.82, 2.24) is 15.1 Å². The smallest absolute Gasteiger partial charge is 0.228 e. The normalized spacial score (nSPS) is 10.7. The van der Waals surface area contributed by atoms with Crippen LogP contribution < -0.4 is 5.32 Å². The minimum atomic E-state index is 0.598. The van der Waals surface area contributed by atoms with Gasteiger partial charge in [-0.3, -0.25) is 0 Å². The van der Waals surface area contributed by atoms with Crippen molar-refractivity contribution in [1.29, 1.82) is 0 Å². The first kappa shape index (κ1) is 12.5. The van der Waals surface area contributed by atoms with Crippen molar-refractivity contribution in [2.45, 2.75) is 13.3 Å². The molecule has 0 aliphatic carbocycles. The van der Waals surface area contributed by atoms with Crippen LogP contribution in [0.2, 0.25) is 0 Å². The lowest BCUT2D eigenvalue weighted by Crippen LogP contribution is -2.04. The number of nitrogens with zero attached hydrogens (tertiary/aromatic N) is 2. The molecule has 0 radical (unpaired) electrons. The van der Waals surface area contributed by atoms with Gasteiger partial charge in [-0.1, -0.05) is 22.9 Å². The zero-order chi connectivity index (χ0) is 13.8. The fourth-order valence-electron chi connectivity index (χ4n) is 1.92. The van der Waals surface area contributed by atoms with Crippen molar-refractivity contribution >= 4 is 5.69 Å². The molecular formula is C15H16N4O. The summed E-state index contributed by atoms with van der Waals surface area (Å²) in [6.45, 7) is 2.83. The average Bonchev–Trinajstić information content (AvgIpc) is 3.11. The number of aromatic nitrogens is 3. The number of nitrogens with one attached hydrogen (secondary N) is 2. The quantitative estimate of drug-likeness (QED) is 0.746. The van der Waals surface area contributed by atoms with Crippen LogP contribution in [0.1, 0.15) is 11.5 Å². The van der Waals surface area contributed by atoms with Gasteiger partial charge in [0.15, 0.2) is 0 Å². The highest BCUT2D eigenvalue weighted by atomic mass is 16.5. The van der Waals surface area contributed by atoms with E-state index in [-0.39, 0.29) is 0 Å². The van der Waals surface area contributed by atoms with Crippen LogP contribution in [0, 0.1) is 6.92 Å². The van der Waals surface area contributed by atoms with Crippen LogP contribution >= 0.6 is 0 Å². The van der Waals surface area contributed by atoms with Gasteiger partial charge in [0.1, 0.15) is 0 Å². The van der Waals surface area contributed by atoms with Crippen LogP contribution in [0.4, 0.5) is 5.69 Å². The van der Waals surface area contributed by atoms with Crippen LogP contribution in [0.15, 0.2) is 47.1 Å². The molecule has 3 rings (SSSR count). The van der Waals surface area contributed by atoms with E-state index in [9.17, 15) is 0 Å². The first-order valence-electron chi connectivity index (χ1n) is 6.58. The zero-order valence-corrected chi connectivity index (χ0v) is 11.3. The summed E-state index contributed by atoms with van der Waals surface area (Å²) >= 11 is 0. The Kier molecular flexibility index (Phi) is 3.50. The summed E-state index contributed by atoms with van der Waals surface area (Å²) in [5.74, 6) is 1.23. The standard InChI is InChI=1S/C15H16N4O/c1-11-4-6-12(7-5-11)16-10-8-14-18-15(19-20-14)13-3-2-9-17-13/h2-7,9,16-17H,8,10H2,1H3. The second-order valence-corrected chi connectivity index (χ2v) is 4.64. The average molecular weight is 268 g/mol. The van der Waals surface area contributed by atoms with E-state index in [1.54, 1.807) is 0 Å². The Bertz CT molecular complexity index is 656. The third kappa shape index (κ3) is 2.88. The van der Waals surface area contributed by atoms with Gasteiger partial charge in [0.05, 0.1) is 5.69 Å². The van der Waals surface area contributed by atoms with Crippen LogP contribution in [0.25, 0.3) is 11.5 Å². The van der Waals surface area contributed by atoms with E-state index in [1.807, 2.05) is 18.3 Å². The topological polar surface area (TPSA) is 66.7 Å². The SMILES string of the molecule is Cc1ccc(NCCc2nc(-c3ccc[nH]3)no2)cc1. The van der Waals surface area contributed by atoms with E-state index in [2.05, 4.69) is 51.6 Å². The van der Waals surface area contributed by atoms with E-state index >= 15 is 0 Å². The number of H-pyrrole nitrogens is 1. The summed E-state index contributed by atoms with van der Waals surface area (Å²) in [4.78, 5) is 7.40. The highest BCUT2D eigenvalue weighted by Crippen LogP contribution is 2.13. The van der Waals surface area contributed by atoms with Gasteiger partial charge in [-0.05, 0) is 31.2 Å². The van der Waals surface area contributed by atoms with E-state index in [4.69, 9.17) is 4.52 Å². The molecule has 0 amide bonds. The van der Waals surface area contributed by atoms with Crippen molar-refractivity contribution in [3.05, 3.63) is 54.0 Å². The highest BCUT2D eigenvalue weighted by molar-refractivity contribution is 5.48. The highest BCUT2D eigenvalue weighted by Gasteiger charge is 2.08. The molecule has 2 heterocycles. The van der Waals surface area contributed by atoms with E-state index in [1.165, 1.54) is 5.56 Å². The van der Waals surface area contributed by atoms with Crippen LogP contribution in [-0.4, -0.2) is 21.7 Å². The Morgan fingerprint density at radius 1 is 1.20 bits per heavy atom. The molecule has 2 N–H and O–H groups in total. The van der Waals surface area contributed by atoms with Gasteiger partial charge >= 0.3 is 0 Å². The molecule has 0 saturated carbocycles. The monoisotopic (exact) mass is 268 g/mol. The van der Waals surface area contributed by atoms with Gasteiger partial charge in [0, 0.05) is 24.8 Å². The summed E-state index contributed by atoms with van der Waals surface area (Å²) < 4.78 is 5.22. The Labute approximate surface area is 117 Å². The molecule has 0 atom stereocenters. The molecule has 0 spiro atoms. The molecule has 0 aliphatic heterocycles. The molecule has 2 aromatic heterocycles. The lowest BCUT2D eigenvalue weighted by molar-refractivity contribution is 0.381. The van der Waals surface area contributed by atoms with E-state index < -0.39 is 0 Å². The third-order valence-corrected chi connectivity index (χ3v) is 3.03. The molecule has 5 nitrogen and oxygen atoms in total. The molecule has 5 heteroatoms. The number of aromatic amines is 1. The van der Waals surface area contributed by atoms with Gasteiger partial charge in [-0.2, -0.15) is 4.98 Å². The predicted molar refractivity (Wildman–Crippen MR) is 77.5 cm³/mol. The maximum atomic E-state index is 5.22. The van der Waals surface area contributed by atoms with Crippen molar-refractivity contribution in [3.8, 4) is 11.5 Å². The minimum Gasteiger partial charge on any atom is -0.385 e. The van der Waals surface area contributed by atoms with Gasteiger partial charge in [-0.25, -0.2) is 0 Å². The number of anilines is 1. The van der Waals surface area contributed by atoms with Crippen molar-refractivity contribution < 1.29 is 4.52 Å². The number of benzene rings is 1. The van der Waals surface area contributed by atoms with E-state index in [0.717, 1.165) is 17.9 Å². The number of hydrogen-bond donors (Lipinski definition) is 2. The van der Waals surface area contributed by atoms with Gasteiger partial charge in [-0.15, -0.1) is 0 Å². The Morgan fingerprint density at radius 3 is 2.80 bits per heavy atom. The molecule has 3 aromatic rings. The molecule has 0 unspecified atom stereocenters. The fraction of sp³-hybridized carbons (Fsp3) is 0.200. The predicted octanol–water partition coefficient (Wildman–Crippen LogP) is 3.03. The van der Waals surface area contributed by atoms with Crippen LogP contribution in [0.5, 0.6) is 0 Å². The minimum absolute atomic E-state index is 0.598. The lowest BCUT2D eigenvalue weighted by atomic mass is 10.2. The molecule has 1 aromatic carbocycles. The first-order valence-corrected chi connectivity index (χ1v) is 6.58. The lowest BCUT2D eigenvalue weighted by Gasteiger charge is -2.04. The number of aryl methyl sites for hydroxylation is 1. The Morgan fingerprint density at radius 2 is 2.05 bits per heavy atom. The van der Waals surface area contributed by atoms with Gasteiger partial charge < -0.3 is 14.8 Å². The molecule has 0 saturated heterocycles. The Hall–Kier alpha value is -2.56. The van der Waals surface area contributed by atoms with Gasteiger partial charge in [0.25, 0.3) is 0 Å². The summed E-state index contributed by atoms with van der Waals surface area (Å²) in [6, 6.07) is 12.1. The summed E-state index contributed by atoms with van der Waals surface area (Å²) in [6.07, 6.45) is 2.53. The van der Waals surface area contributed by atoms with Crippen molar-refractivity contribution in [3.63, 3.8) is 0 Å². The molecule has 102 valence electrons. The summed E-state index contributed by atoms with van der Waals surface area (Å²) in [5.41, 5.74) is 3.22. The molecular weight excluding hydrogens is 252 g/mol. The number of hydrogen-bond acceptors (Lipinski definition) is 4. The largest absolute Gasteiger partial charge is 0.385 e. The van der Waals surface area contributed by atoms with Crippen molar-refractivity contribution in [2.24, 2.45) is 0 Å². The summed E-state index contributed by atoms with van der Waals surface area (Å²) in [5, 5.41) is 7.28. The maximum Gasteiger partial charge on any atom is 0.228 e. The van der Waals surface area contributed by atoms with Crippen molar-refractivity contribution in [2.75, 3.05) is 11.9 Å². The second-order valence-electron chi connectivity index (χ2n) is 4.64. The van der Waals surface area contributed by atoms with E-state index in [0.29, 0.717) is 18.1 Å². The first-order chi connectivity index (χ1) is 9.81. The molecule has 20 heavy (non-hydrogen) atoms. The maximum absolute atomic E-state index is 5.22. The summed E-state index contributed by atoms with van der Waals surface area (Å²) in [7, 11) is 0. The van der Waals surface area contributed by atoms with Gasteiger partial charge in [0.2, 0.25) is 11.7 Å². The number of rotatable bonds is 5. The zero-order valence-electron chi connectivity index (χ0n) is 11.3.